The standard InChI is InChI=1S/C17H21FN2O2.ClH/c1-3-22-17(21)7-9-20-15-5-4-12(18)10-13(15)14-11-19(2)8-6-16(14)20;/h4-5,10H,3,6-9,11H2,1-2H3;1H. The summed E-state index contributed by atoms with van der Waals surface area (Å²) < 4.78 is 20.8. The minimum absolute atomic E-state index is 0. The number of esters is 1. The van der Waals surface area contributed by atoms with Crippen molar-refractivity contribution in [3.63, 3.8) is 0 Å². The molecule has 3 rings (SSSR count). The summed E-state index contributed by atoms with van der Waals surface area (Å²) in [5.41, 5.74) is 3.42. The number of benzene rings is 1. The first-order valence-corrected chi connectivity index (χ1v) is 7.73. The first-order chi connectivity index (χ1) is 10.6. The van der Waals surface area contributed by atoms with Gasteiger partial charge in [-0.1, -0.05) is 0 Å². The molecule has 0 N–H and O–H groups in total. The van der Waals surface area contributed by atoms with E-state index in [2.05, 4.69) is 16.5 Å². The van der Waals surface area contributed by atoms with E-state index >= 15 is 0 Å². The average Bonchev–Trinajstić information content (AvgIpc) is 2.78. The topological polar surface area (TPSA) is 34.5 Å². The zero-order chi connectivity index (χ0) is 15.7. The summed E-state index contributed by atoms with van der Waals surface area (Å²) in [6.07, 6.45) is 1.27. The van der Waals surface area contributed by atoms with Gasteiger partial charge in [0.2, 0.25) is 0 Å². The number of rotatable bonds is 4. The Kier molecular flexibility index (Phi) is 5.65. The molecule has 0 saturated carbocycles. The van der Waals surface area contributed by atoms with Crippen LogP contribution < -0.4 is 0 Å². The van der Waals surface area contributed by atoms with E-state index < -0.39 is 0 Å². The van der Waals surface area contributed by atoms with Crippen LogP contribution in [0.3, 0.4) is 0 Å². The van der Waals surface area contributed by atoms with E-state index in [4.69, 9.17) is 4.74 Å². The number of aromatic nitrogens is 1. The molecule has 0 spiro atoms. The van der Waals surface area contributed by atoms with Gasteiger partial charge < -0.3 is 14.2 Å². The number of halogens is 2. The van der Waals surface area contributed by atoms with Gasteiger partial charge in [0.25, 0.3) is 0 Å². The van der Waals surface area contributed by atoms with Crippen molar-refractivity contribution in [3.8, 4) is 0 Å². The summed E-state index contributed by atoms with van der Waals surface area (Å²) in [4.78, 5) is 13.9. The largest absolute Gasteiger partial charge is 0.466 e. The number of ether oxygens (including phenoxy) is 1. The smallest absolute Gasteiger partial charge is 0.307 e. The Morgan fingerprint density at radius 1 is 1.39 bits per heavy atom. The molecule has 1 aliphatic heterocycles. The molecule has 1 aromatic heterocycles. The summed E-state index contributed by atoms with van der Waals surface area (Å²) in [5.74, 6) is -0.404. The Morgan fingerprint density at radius 2 is 2.17 bits per heavy atom. The number of likely N-dealkylation sites (N-methyl/N-ethyl adjacent to an activating group) is 1. The fourth-order valence-electron chi connectivity index (χ4n) is 3.25. The molecule has 0 unspecified atom stereocenters. The SMILES string of the molecule is CCOC(=O)CCn1c2c(c3cc(F)ccc31)CN(C)CC2.Cl. The Morgan fingerprint density at radius 3 is 2.91 bits per heavy atom. The van der Waals surface area contributed by atoms with Crippen LogP contribution in [-0.2, 0) is 29.0 Å². The molecule has 0 fully saturated rings. The summed E-state index contributed by atoms with van der Waals surface area (Å²) in [5, 5.41) is 0.963. The van der Waals surface area contributed by atoms with Crippen LogP contribution in [-0.4, -0.2) is 35.6 Å². The zero-order valence-electron chi connectivity index (χ0n) is 13.5. The van der Waals surface area contributed by atoms with Gasteiger partial charge in [-0.05, 0) is 37.7 Å². The van der Waals surface area contributed by atoms with Crippen LogP contribution in [0.25, 0.3) is 10.9 Å². The van der Waals surface area contributed by atoms with Crippen molar-refractivity contribution in [3.05, 3.63) is 35.3 Å². The van der Waals surface area contributed by atoms with Gasteiger partial charge in [-0.2, -0.15) is 0 Å². The lowest BCUT2D eigenvalue weighted by Gasteiger charge is -2.24. The number of aryl methyl sites for hydroxylation is 1. The third-order valence-corrected chi connectivity index (χ3v) is 4.25. The number of fused-ring (bicyclic) bond motifs is 3. The van der Waals surface area contributed by atoms with Crippen molar-refractivity contribution < 1.29 is 13.9 Å². The van der Waals surface area contributed by atoms with Crippen molar-refractivity contribution in [1.82, 2.24) is 9.47 Å². The fourth-order valence-corrected chi connectivity index (χ4v) is 3.25. The maximum absolute atomic E-state index is 13.6. The normalized spacial score (nSPS) is 14.4. The average molecular weight is 341 g/mol. The molecule has 4 nitrogen and oxygen atoms in total. The molecule has 0 atom stereocenters. The van der Waals surface area contributed by atoms with E-state index in [9.17, 15) is 9.18 Å². The van der Waals surface area contributed by atoms with E-state index in [-0.39, 0.29) is 24.2 Å². The van der Waals surface area contributed by atoms with Crippen LogP contribution in [0, 0.1) is 5.82 Å². The Hall–Kier alpha value is -1.59. The molecule has 2 heterocycles. The Balaban J connectivity index is 0.00000192. The quantitative estimate of drug-likeness (QED) is 0.802. The molecule has 6 heteroatoms. The first kappa shape index (κ1) is 17.8. The highest BCUT2D eigenvalue weighted by atomic mass is 35.5. The number of carbonyl (C=O) groups is 1. The van der Waals surface area contributed by atoms with Gasteiger partial charge in [-0.15, -0.1) is 12.4 Å². The van der Waals surface area contributed by atoms with E-state index in [0.29, 0.717) is 19.6 Å². The van der Waals surface area contributed by atoms with Crippen LogP contribution in [0.4, 0.5) is 4.39 Å². The highest BCUT2D eigenvalue weighted by Crippen LogP contribution is 2.31. The molecule has 0 radical (unpaired) electrons. The second-order valence-electron chi connectivity index (χ2n) is 5.78. The lowest BCUT2D eigenvalue weighted by molar-refractivity contribution is -0.143. The van der Waals surface area contributed by atoms with Crippen molar-refractivity contribution in [2.75, 3.05) is 20.2 Å². The molecule has 0 aliphatic carbocycles. The number of carbonyl (C=O) groups excluding carboxylic acids is 1. The number of hydrogen-bond donors (Lipinski definition) is 0. The molecule has 23 heavy (non-hydrogen) atoms. The van der Waals surface area contributed by atoms with Gasteiger partial charge >= 0.3 is 5.97 Å². The van der Waals surface area contributed by atoms with Gasteiger partial charge in [0.05, 0.1) is 13.0 Å². The highest BCUT2D eigenvalue weighted by molar-refractivity contribution is 5.86. The Labute approximate surface area is 141 Å². The van der Waals surface area contributed by atoms with Crippen LogP contribution in [0.5, 0.6) is 0 Å². The van der Waals surface area contributed by atoms with E-state index in [0.717, 1.165) is 30.4 Å². The van der Waals surface area contributed by atoms with Crippen LogP contribution in [0.15, 0.2) is 18.2 Å². The van der Waals surface area contributed by atoms with Crippen LogP contribution in [0.2, 0.25) is 0 Å². The highest BCUT2D eigenvalue weighted by Gasteiger charge is 2.22. The maximum Gasteiger partial charge on any atom is 0.307 e. The van der Waals surface area contributed by atoms with Crippen molar-refractivity contribution in [1.29, 1.82) is 0 Å². The molecular formula is C17H22ClFN2O2. The maximum atomic E-state index is 13.6. The van der Waals surface area contributed by atoms with Crippen LogP contribution in [0.1, 0.15) is 24.6 Å². The van der Waals surface area contributed by atoms with Gasteiger partial charge in [0.15, 0.2) is 0 Å². The lowest BCUT2D eigenvalue weighted by atomic mass is 10.0. The second-order valence-corrected chi connectivity index (χ2v) is 5.78. The van der Waals surface area contributed by atoms with E-state index in [1.54, 1.807) is 6.07 Å². The van der Waals surface area contributed by atoms with E-state index in [1.807, 2.05) is 13.0 Å². The molecular weight excluding hydrogens is 319 g/mol. The molecule has 0 bridgehead atoms. The monoisotopic (exact) mass is 340 g/mol. The van der Waals surface area contributed by atoms with Gasteiger partial charge in [0, 0.05) is 42.7 Å². The third kappa shape index (κ3) is 3.51. The Bertz CT molecular complexity index is 714. The number of nitrogens with zero attached hydrogens (tertiary/aromatic N) is 2. The fraction of sp³-hybridized carbons (Fsp3) is 0.471. The van der Waals surface area contributed by atoms with Crippen LogP contribution >= 0.6 is 12.4 Å². The summed E-state index contributed by atoms with van der Waals surface area (Å²) >= 11 is 0. The van der Waals surface area contributed by atoms with Gasteiger partial charge in [-0.25, -0.2) is 4.39 Å². The lowest BCUT2D eigenvalue weighted by Crippen LogP contribution is -2.27. The van der Waals surface area contributed by atoms with Gasteiger partial charge in [0.1, 0.15) is 5.82 Å². The predicted octanol–water partition coefficient (Wildman–Crippen LogP) is 3.14. The predicted molar refractivity (Wildman–Crippen MR) is 90.4 cm³/mol. The zero-order valence-corrected chi connectivity index (χ0v) is 14.3. The number of hydrogen-bond acceptors (Lipinski definition) is 3. The van der Waals surface area contributed by atoms with Crippen molar-refractivity contribution in [2.24, 2.45) is 0 Å². The molecule has 1 aromatic carbocycles. The molecule has 2 aromatic rings. The third-order valence-electron chi connectivity index (χ3n) is 4.25. The molecule has 1 aliphatic rings. The molecule has 0 saturated heterocycles. The van der Waals surface area contributed by atoms with Gasteiger partial charge in [-0.3, -0.25) is 4.79 Å². The second kappa shape index (κ2) is 7.32. The van der Waals surface area contributed by atoms with Crippen molar-refractivity contribution >= 4 is 29.3 Å². The molecule has 0 amide bonds. The summed E-state index contributed by atoms with van der Waals surface area (Å²) in [7, 11) is 2.07. The summed E-state index contributed by atoms with van der Waals surface area (Å²) in [6, 6.07) is 4.90. The first-order valence-electron chi connectivity index (χ1n) is 7.73. The minimum Gasteiger partial charge on any atom is -0.466 e. The minimum atomic E-state index is -0.217. The molecule has 126 valence electrons. The summed E-state index contributed by atoms with van der Waals surface area (Å²) in [6.45, 7) is 4.59. The van der Waals surface area contributed by atoms with Crippen molar-refractivity contribution in [2.45, 2.75) is 32.9 Å². The van der Waals surface area contributed by atoms with E-state index in [1.165, 1.54) is 17.3 Å².